The van der Waals surface area contributed by atoms with Crippen LogP contribution in [0, 0.1) is 6.92 Å². The normalized spacial score (nSPS) is 12.3. The third-order valence-corrected chi connectivity index (χ3v) is 9.60. The van der Waals surface area contributed by atoms with Crippen LogP contribution in [0.4, 0.5) is 22.0 Å². The summed E-state index contributed by atoms with van der Waals surface area (Å²) in [4.78, 5) is 27.0. The predicted molar refractivity (Wildman–Crippen MR) is 171 cm³/mol. The molecule has 2 aromatic carbocycles. The number of hydrogen-bond donors (Lipinski definition) is 0. The Bertz CT molecular complexity index is 2410. The number of pyridine rings is 2. The molecule has 0 atom stereocenters. The molecule has 49 heavy (non-hydrogen) atoms. The van der Waals surface area contributed by atoms with Crippen LogP contribution in [0.25, 0.3) is 44.4 Å². The summed E-state index contributed by atoms with van der Waals surface area (Å²) in [5, 5.41) is 3.39. The molecular formula is C33H26F5N5O5S. The van der Waals surface area contributed by atoms with Gasteiger partial charge in [0.1, 0.15) is 5.52 Å². The van der Waals surface area contributed by atoms with E-state index in [0.717, 1.165) is 16.3 Å². The van der Waals surface area contributed by atoms with E-state index >= 15 is 0 Å². The number of hydrogen-bond acceptors (Lipinski definition) is 6. The van der Waals surface area contributed by atoms with E-state index in [2.05, 4.69) is 9.84 Å². The van der Waals surface area contributed by atoms with Gasteiger partial charge in [-0.25, -0.2) is 12.4 Å². The van der Waals surface area contributed by atoms with Gasteiger partial charge < -0.3 is 13.9 Å². The van der Waals surface area contributed by atoms with Crippen LogP contribution in [0.2, 0.25) is 0 Å². The first-order chi connectivity index (χ1) is 23.2. The number of ether oxygens (including phenoxy) is 1. The Balaban J connectivity index is 1.70. The molecule has 0 spiro atoms. The molecule has 254 valence electrons. The van der Waals surface area contributed by atoms with Crippen molar-refractivity contribution in [2.24, 2.45) is 7.05 Å². The number of rotatable bonds is 9. The standard InChI is InChI=1S/C33H26F5N5O5S/c1-20-8-10-23(11-9-20)49(46,47)43-28(22-16-39-42(17-22)33(36,37)38)14-25-27(18-40(2)31(45)30(25)43)24-15-29(44)41(12-13-48-32(34)35)19-26(24)21-6-4-3-5-7-21/h3-11,14-19,32H,12-13H2,1-2H3. The zero-order valence-corrected chi connectivity index (χ0v) is 26.5. The van der Waals surface area contributed by atoms with E-state index in [4.69, 9.17) is 0 Å². The van der Waals surface area contributed by atoms with Gasteiger partial charge in [-0.15, -0.1) is 13.2 Å². The van der Waals surface area contributed by atoms with Crippen molar-refractivity contribution in [3.8, 4) is 33.5 Å². The molecule has 4 aromatic heterocycles. The van der Waals surface area contributed by atoms with Crippen LogP contribution in [0.3, 0.4) is 0 Å². The lowest BCUT2D eigenvalue weighted by Gasteiger charge is -2.16. The average molecular weight is 700 g/mol. The van der Waals surface area contributed by atoms with Gasteiger partial charge in [-0.1, -0.05) is 48.0 Å². The predicted octanol–water partition coefficient (Wildman–Crippen LogP) is 5.96. The summed E-state index contributed by atoms with van der Waals surface area (Å²) in [6.45, 7) is -1.99. The topological polar surface area (TPSA) is 110 Å². The van der Waals surface area contributed by atoms with Crippen molar-refractivity contribution in [2.75, 3.05) is 6.61 Å². The first kappa shape index (κ1) is 33.5. The Morgan fingerprint density at radius 2 is 1.57 bits per heavy atom. The molecule has 0 fully saturated rings. The van der Waals surface area contributed by atoms with Crippen molar-refractivity contribution in [3.05, 3.63) is 118 Å². The highest BCUT2D eigenvalue weighted by atomic mass is 32.2. The number of alkyl halides is 5. The van der Waals surface area contributed by atoms with Gasteiger partial charge in [-0.05, 0) is 36.2 Å². The SMILES string of the molecule is Cc1ccc(S(=O)(=O)n2c(-c3cnn(C(F)(F)F)c3)cc3c(-c4cc(=O)n(CCOC(F)F)cc4-c4ccccc4)cn(C)c(=O)c32)cc1. The smallest absolute Gasteiger partial charge is 0.321 e. The molecule has 10 nitrogen and oxygen atoms in total. The summed E-state index contributed by atoms with van der Waals surface area (Å²) in [5.41, 5.74) is -0.148. The van der Waals surface area contributed by atoms with E-state index in [-0.39, 0.29) is 49.4 Å². The van der Waals surface area contributed by atoms with Gasteiger partial charge in [0.2, 0.25) is 0 Å². The van der Waals surface area contributed by atoms with Gasteiger partial charge in [0, 0.05) is 60.3 Å². The Morgan fingerprint density at radius 3 is 2.20 bits per heavy atom. The lowest BCUT2D eigenvalue weighted by molar-refractivity contribution is -0.212. The fourth-order valence-corrected chi connectivity index (χ4v) is 7.05. The van der Waals surface area contributed by atoms with E-state index < -0.39 is 40.7 Å². The fourth-order valence-electron chi connectivity index (χ4n) is 5.52. The average Bonchev–Trinajstić information content (AvgIpc) is 3.71. The summed E-state index contributed by atoms with van der Waals surface area (Å²) in [5.74, 6) is 0. The molecule has 0 saturated heterocycles. The minimum Gasteiger partial charge on any atom is -0.321 e. The largest absolute Gasteiger partial charge is 0.504 e. The second kappa shape index (κ2) is 12.6. The van der Waals surface area contributed by atoms with Crippen molar-refractivity contribution >= 4 is 20.9 Å². The van der Waals surface area contributed by atoms with Crippen LogP contribution in [-0.2, 0) is 34.7 Å². The molecule has 6 rings (SSSR count). The van der Waals surface area contributed by atoms with Crippen LogP contribution in [0.1, 0.15) is 5.56 Å². The second-order valence-corrected chi connectivity index (χ2v) is 12.9. The summed E-state index contributed by atoms with van der Waals surface area (Å²) in [7, 11) is -3.26. The van der Waals surface area contributed by atoms with Crippen molar-refractivity contribution < 1.29 is 35.1 Å². The van der Waals surface area contributed by atoms with E-state index in [1.165, 1.54) is 60.4 Å². The number of aryl methyl sites for hydroxylation is 2. The first-order valence-electron chi connectivity index (χ1n) is 14.6. The zero-order chi connectivity index (χ0) is 35.2. The molecule has 0 amide bonds. The highest BCUT2D eigenvalue weighted by Crippen LogP contribution is 2.39. The third kappa shape index (κ3) is 6.31. The van der Waals surface area contributed by atoms with Gasteiger partial charge in [0.05, 0.1) is 23.4 Å². The summed E-state index contributed by atoms with van der Waals surface area (Å²) in [6, 6.07) is 16.9. The molecule has 0 N–H and O–H groups in total. The number of nitrogens with zero attached hydrogens (tertiary/aromatic N) is 5. The quantitative estimate of drug-likeness (QED) is 0.172. The monoisotopic (exact) mass is 699 g/mol. The minimum atomic E-state index is -4.92. The van der Waals surface area contributed by atoms with Gasteiger partial charge in [-0.2, -0.15) is 18.6 Å². The van der Waals surface area contributed by atoms with Crippen molar-refractivity contribution in [3.63, 3.8) is 0 Å². The van der Waals surface area contributed by atoms with Gasteiger partial charge >= 0.3 is 12.9 Å². The van der Waals surface area contributed by atoms with Crippen LogP contribution in [-0.4, -0.2) is 44.5 Å². The summed E-state index contributed by atoms with van der Waals surface area (Å²) in [6.07, 6.45) is -0.640. The maximum Gasteiger partial charge on any atom is 0.504 e. The fraction of sp³-hybridized carbons (Fsp3) is 0.182. The molecule has 4 heterocycles. The minimum absolute atomic E-state index is 0.0175. The Kier molecular flexibility index (Phi) is 8.62. The van der Waals surface area contributed by atoms with E-state index in [1.807, 2.05) is 0 Å². The number of benzene rings is 2. The number of aromatic nitrogens is 5. The molecular weight excluding hydrogens is 673 g/mol. The number of halogens is 5. The molecule has 16 heteroatoms. The highest BCUT2D eigenvalue weighted by molar-refractivity contribution is 7.90. The molecule has 0 unspecified atom stereocenters. The summed E-state index contributed by atoms with van der Waals surface area (Å²) < 4.78 is 102. The van der Waals surface area contributed by atoms with Gasteiger partial charge in [0.15, 0.2) is 0 Å². The zero-order valence-electron chi connectivity index (χ0n) is 25.7. The molecule has 0 aliphatic heterocycles. The van der Waals surface area contributed by atoms with Crippen LogP contribution < -0.4 is 11.1 Å². The molecule has 0 saturated carbocycles. The van der Waals surface area contributed by atoms with Crippen molar-refractivity contribution in [1.82, 2.24) is 22.9 Å². The lowest BCUT2D eigenvalue weighted by Crippen LogP contribution is -2.24. The molecule has 0 radical (unpaired) electrons. The maximum atomic E-state index is 14.3. The third-order valence-electron chi connectivity index (χ3n) is 7.87. The van der Waals surface area contributed by atoms with E-state index in [0.29, 0.717) is 21.3 Å². The number of fused-ring (bicyclic) bond motifs is 1. The lowest BCUT2D eigenvalue weighted by atomic mass is 9.95. The van der Waals surface area contributed by atoms with Gasteiger partial charge in [-0.3, -0.25) is 9.59 Å². The Morgan fingerprint density at radius 1 is 0.878 bits per heavy atom. The Labute approximate surface area is 274 Å². The Hall–Kier alpha value is -5.35. The second-order valence-electron chi connectivity index (χ2n) is 11.1. The first-order valence-corrected chi connectivity index (χ1v) is 16.0. The van der Waals surface area contributed by atoms with Crippen molar-refractivity contribution in [2.45, 2.75) is 31.3 Å². The van der Waals surface area contributed by atoms with Gasteiger partial charge in [0.25, 0.3) is 21.1 Å². The van der Waals surface area contributed by atoms with Crippen molar-refractivity contribution in [1.29, 1.82) is 0 Å². The van der Waals surface area contributed by atoms with Crippen LogP contribution in [0.5, 0.6) is 0 Å². The molecule has 0 aliphatic rings. The molecule has 0 bridgehead atoms. The summed E-state index contributed by atoms with van der Waals surface area (Å²) >= 11 is 0. The molecule has 0 aliphatic carbocycles. The van der Waals surface area contributed by atoms with E-state index in [9.17, 15) is 40.0 Å². The maximum absolute atomic E-state index is 14.3. The van der Waals surface area contributed by atoms with Crippen LogP contribution >= 0.6 is 0 Å². The van der Waals surface area contributed by atoms with E-state index in [1.54, 1.807) is 37.3 Å². The molecule has 6 aromatic rings. The highest BCUT2D eigenvalue weighted by Gasteiger charge is 2.34. The van der Waals surface area contributed by atoms with Crippen LogP contribution in [0.15, 0.2) is 106 Å².